The van der Waals surface area contributed by atoms with Gasteiger partial charge in [-0.05, 0) is 6.07 Å². The summed E-state index contributed by atoms with van der Waals surface area (Å²) in [5, 5.41) is 6.02. The summed E-state index contributed by atoms with van der Waals surface area (Å²) in [6.45, 7) is 2.89. The number of carbonyl (C=O) groups excluding carboxylic acids is 1. The molecule has 0 aromatic carbocycles. The van der Waals surface area contributed by atoms with Crippen molar-refractivity contribution in [2.45, 2.75) is 19.0 Å². The molecule has 2 heterocycles. The molecule has 21 heavy (non-hydrogen) atoms. The van der Waals surface area contributed by atoms with Gasteiger partial charge in [0.25, 0.3) is 5.56 Å². The van der Waals surface area contributed by atoms with Gasteiger partial charge in [-0.2, -0.15) is 0 Å². The monoisotopic (exact) mass is 295 g/mol. The van der Waals surface area contributed by atoms with E-state index in [0.29, 0.717) is 38.5 Å². The van der Waals surface area contributed by atoms with Crippen molar-refractivity contribution in [1.29, 1.82) is 0 Å². The Morgan fingerprint density at radius 1 is 1.57 bits per heavy atom. The van der Waals surface area contributed by atoms with E-state index < -0.39 is 0 Å². The highest BCUT2D eigenvalue weighted by Gasteiger charge is 2.16. The number of anilines is 1. The van der Waals surface area contributed by atoms with Crippen LogP contribution in [0.2, 0.25) is 0 Å². The molecule has 7 nitrogen and oxygen atoms in total. The van der Waals surface area contributed by atoms with Gasteiger partial charge in [-0.15, -0.1) is 0 Å². The van der Waals surface area contributed by atoms with Gasteiger partial charge in [0, 0.05) is 44.9 Å². The first-order valence-corrected chi connectivity index (χ1v) is 6.99. The number of amides is 1. The molecule has 1 amide bonds. The van der Waals surface area contributed by atoms with Crippen LogP contribution in [0.5, 0.6) is 0 Å². The van der Waals surface area contributed by atoms with Crippen molar-refractivity contribution < 1.29 is 14.3 Å². The Kier molecular flexibility index (Phi) is 5.91. The first-order valence-electron chi connectivity index (χ1n) is 6.99. The Labute approximate surface area is 123 Å². The van der Waals surface area contributed by atoms with Crippen LogP contribution in [0.1, 0.15) is 6.42 Å². The predicted octanol–water partition coefficient (Wildman–Crippen LogP) is -0.188. The highest BCUT2D eigenvalue weighted by molar-refractivity contribution is 5.90. The minimum absolute atomic E-state index is 0.0400. The number of hydrogen-bond acceptors (Lipinski definition) is 5. The van der Waals surface area contributed by atoms with E-state index in [1.165, 1.54) is 10.6 Å². The second-order valence-electron chi connectivity index (χ2n) is 4.92. The molecule has 0 radical (unpaired) electrons. The van der Waals surface area contributed by atoms with Crippen molar-refractivity contribution in [3.8, 4) is 0 Å². The molecule has 0 aliphatic carbocycles. The molecule has 1 unspecified atom stereocenters. The Bertz CT molecular complexity index is 523. The third kappa shape index (κ3) is 4.96. The van der Waals surface area contributed by atoms with Crippen LogP contribution in [-0.4, -0.2) is 50.0 Å². The Morgan fingerprint density at radius 3 is 3.14 bits per heavy atom. The number of nitrogens with one attached hydrogen (secondary N) is 2. The molecular formula is C14H21N3O4. The van der Waals surface area contributed by atoms with Gasteiger partial charge < -0.3 is 24.7 Å². The minimum atomic E-state index is -0.118. The summed E-state index contributed by atoms with van der Waals surface area (Å²) in [7, 11) is 1.58. The lowest BCUT2D eigenvalue weighted by molar-refractivity contribution is -0.117. The molecule has 1 aromatic rings. The zero-order chi connectivity index (χ0) is 15.1. The molecule has 1 fully saturated rings. The lowest BCUT2D eigenvalue weighted by Crippen LogP contribution is -2.43. The third-order valence-electron chi connectivity index (χ3n) is 3.23. The van der Waals surface area contributed by atoms with Gasteiger partial charge in [-0.3, -0.25) is 9.59 Å². The van der Waals surface area contributed by atoms with Crippen LogP contribution >= 0.6 is 0 Å². The number of nitrogens with zero attached hydrogens (tertiary/aromatic N) is 1. The molecule has 7 heteroatoms. The molecule has 0 spiro atoms. The maximum absolute atomic E-state index is 12.0. The predicted molar refractivity (Wildman–Crippen MR) is 78.4 cm³/mol. The first kappa shape index (κ1) is 15.7. The molecular weight excluding hydrogens is 274 g/mol. The van der Waals surface area contributed by atoms with Crippen molar-refractivity contribution in [2.24, 2.45) is 0 Å². The average Bonchev–Trinajstić information content (AvgIpc) is 2.48. The molecule has 1 aliphatic rings. The van der Waals surface area contributed by atoms with E-state index in [4.69, 9.17) is 9.47 Å². The quantitative estimate of drug-likeness (QED) is 0.760. The summed E-state index contributed by atoms with van der Waals surface area (Å²) in [6.07, 6.45) is 1.97. The van der Waals surface area contributed by atoms with E-state index in [1.807, 2.05) is 0 Å². The highest BCUT2D eigenvalue weighted by atomic mass is 16.5. The molecule has 2 N–H and O–H groups in total. The van der Waals surface area contributed by atoms with Gasteiger partial charge in [-0.1, -0.05) is 0 Å². The standard InChI is InChI=1S/C14H21N3O4/c1-20-7-5-17-9-11(2-3-14(17)19)16-13(18)8-12-10-21-6-4-15-12/h2-3,9,12,15H,4-8,10H2,1H3,(H,16,18). The van der Waals surface area contributed by atoms with Gasteiger partial charge in [0.15, 0.2) is 0 Å². The van der Waals surface area contributed by atoms with Crippen LogP contribution in [0.3, 0.4) is 0 Å². The minimum Gasteiger partial charge on any atom is -0.383 e. The second-order valence-corrected chi connectivity index (χ2v) is 4.92. The molecule has 0 saturated carbocycles. The van der Waals surface area contributed by atoms with Gasteiger partial charge in [-0.25, -0.2) is 0 Å². The summed E-state index contributed by atoms with van der Waals surface area (Å²) in [4.78, 5) is 23.6. The Morgan fingerprint density at radius 2 is 2.43 bits per heavy atom. The zero-order valence-electron chi connectivity index (χ0n) is 12.1. The molecule has 2 rings (SSSR count). The molecule has 116 valence electrons. The summed E-state index contributed by atoms with van der Waals surface area (Å²) in [6, 6.07) is 3.08. The SMILES string of the molecule is COCCn1cc(NC(=O)CC2COCCN2)ccc1=O. The lowest BCUT2D eigenvalue weighted by Gasteiger charge is -2.23. The van der Waals surface area contributed by atoms with Gasteiger partial charge >= 0.3 is 0 Å². The number of rotatable bonds is 6. The number of methoxy groups -OCH3 is 1. The fourth-order valence-corrected chi connectivity index (χ4v) is 2.16. The summed E-state index contributed by atoms with van der Waals surface area (Å²) in [5.74, 6) is -0.102. The van der Waals surface area contributed by atoms with E-state index >= 15 is 0 Å². The molecule has 1 atom stereocenters. The first-order chi connectivity index (χ1) is 10.2. The van der Waals surface area contributed by atoms with E-state index in [-0.39, 0.29) is 17.5 Å². The van der Waals surface area contributed by atoms with Crippen molar-refractivity contribution in [2.75, 3.05) is 38.8 Å². The normalized spacial score (nSPS) is 18.4. The number of hydrogen-bond donors (Lipinski definition) is 2. The third-order valence-corrected chi connectivity index (χ3v) is 3.23. The van der Waals surface area contributed by atoms with Crippen LogP contribution in [0.15, 0.2) is 23.1 Å². The smallest absolute Gasteiger partial charge is 0.250 e. The highest BCUT2D eigenvalue weighted by Crippen LogP contribution is 2.06. The number of morpholine rings is 1. The molecule has 1 aromatic heterocycles. The fraction of sp³-hybridized carbons (Fsp3) is 0.571. The number of ether oxygens (including phenoxy) is 2. The van der Waals surface area contributed by atoms with E-state index in [9.17, 15) is 9.59 Å². The topological polar surface area (TPSA) is 81.6 Å². The van der Waals surface area contributed by atoms with Crippen molar-refractivity contribution in [3.05, 3.63) is 28.7 Å². The van der Waals surface area contributed by atoms with Gasteiger partial charge in [0.2, 0.25) is 5.91 Å². The number of carbonyl (C=O) groups is 1. The zero-order valence-corrected chi connectivity index (χ0v) is 12.1. The summed E-state index contributed by atoms with van der Waals surface area (Å²) < 4.78 is 11.8. The van der Waals surface area contributed by atoms with Crippen LogP contribution in [0.4, 0.5) is 5.69 Å². The van der Waals surface area contributed by atoms with E-state index in [2.05, 4.69) is 10.6 Å². The number of pyridine rings is 1. The number of aromatic nitrogens is 1. The maximum Gasteiger partial charge on any atom is 0.250 e. The van der Waals surface area contributed by atoms with Crippen LogP contribution < -0.4 is 16.2 Å². The lowest BCUT2D eigenvalue weighted by atomic mass is 10.2. The van der Waals surface area contributed by atoms with Crippen molar-refractivity contribution >= 4 is 11.6 Å². The van der Waals surface area contributed by atoms with Crippen molar-refractivity contribution in [1.82, 2.24) is 9.88 Å². The Hall–Kier alpha value is -1.70. The average molecular weight is 295 g/mol. The Balaban J connectivity index is 1.92. The van der Waals surface area contributed by atoms with E-state index in [1.54, 1.807) is 19.4 Å². The van der Waals surface area contributed by atoms with Gasteiger partial charge in [0.1, 0.15) is 0 Å². The summed E-state index contributed by atoms with van der Waals surface area (Å²) in [5.41, 5.74) is 0.486. The van der Waals surface area contributed by atoms with Crippen LogP contribution in [0, 0.1) is 0 Å². The largest absolute Gasteiger partial charge is 0.383 e. The van der Waals surface area contributed by atoms with Crippen molar-refractivity contribution in [3.63, 3.8) is 0 Å². The fourth-order valence-electron chi connectivity index (χ4n) is 2.16. The maximum atomic E-state index is 12.0. The van der Waals surface area contributed by atoms with E-state index in [0.717, 1.165) is 6.54 Å². The molecule has 1 saturated heterocycles. The van der Waals surface area contributed by atoms with Gasteiger partial charge in [0.05, 0.1) is 25.5 Å². The molecule has 0 bridgehead atoms. The van der Waals surface area contributed by atoms with Crippen LogP contribution in [-0.2, 0) is 20.8 Å². The second kappa shape index (κ2) is 7.92. The van der Waals surface area contributed by atoms with Crippen LogP contribution in [0.25, 0.3) is 0 Å². The summed E-state index contributed by atoms with van der Waals surface area (Å²) >= 11 is 0. The molecule has 1 aliphatic heterocycles.